The van der Waals surface area contributed by atoms with Gasteiger partial charge in [0.05, 0.1) is 6.67 Å². The van der Waals surface area contributed by atoms with Gasteiger partial charge in [-0.05, 0) is 32.1 Å². The first-order valence-corrected chi connectivity index (χ1v) is 7.28. The van der Waals surface area contributed by atoms with Crippen molar-refractivity contribution in [3.63, 3.8) is 0 Å². The normalized spacial score (nSPS) is 26.6. The van der Waals surface area contributed by atoms with E-state index in [4.69, 9.17) is 0 Å². The van der Waals surface area contributed by atoms with Crippen LogP contribution in [-0.2, 0) is 4.79 Å². The monoisotopic (exact) mass is 266 g/mol. The number of nitrogens with one attached hydrogen (secondary N) is 2. The van der Waals surface area contributed by atoms with Gasteiger partial charge in [0.1, 0.15) is 5.54 Å². The van der Waals surface area contributed by atoms with Crippen LogP contribution in [0.15, 0.2) is 0 Å². The van der Waals surface area contributed by atoms with Gasteiger partial charge < -0.3 is 15.1 Å². The molecule has 0 atom stereocenters. The van der Waals surface area contributed by atoms with E-state index in [0.717, 1.165) is 38.8 Å². The summed E-state index contributed by atoms with van der Waals surface area (Å²) in [5.74, 6) is 0.0950. The van der Waals surface area contributed by atoms with Crippen LogP contribution < -0.4 is 10.6 Å². The molecule has 3 saturated heterocycles. The van der Waals surface area contributed by atoms with Gasteiger partial charge in [-0.15, -0.1) is 0 Å². The average Bonchev–Trinajstić information content (AvgIpc) is 2.81. The van der Waals surface area contributed by atoms with Crippen molar-refractivity contribution in [2.45, 2.75) is 37.6 Å². The third-order valence-corrected chi connectivity index (χ3v) is 4.62. The van der Waals surface area contributed by atoms with Gasteiger partial charge in [-0.1, -0.05) is 0 Å². The highest BCUT2D eigenvalue weighted by Gasteiger charge is 2.45. The summed E-state index contributed by atoms with van der Waals surface area (Å²) < 4.78 is 0. The summed E-state index contributed by atoms with van der Waals surface area (Å²) in [5, 5.41) is 6.07. The number of hydrogen-bond acceptors (Lipinski definition) is 3. The van der Waals surface area contributed by atoms with Gasteiger partial charge in [-0.25, -0.2) is 4.79 Å². The first kappa shape index (κ1) is 12.7. The molecule has 106 valence electrons. The van der Waals surface area contributed by atoms with E-state index in [-0.39, 0.29) is 11.9 Å². The highest BCUT2D eigenvalue weighted by molar-refractivity contribution is 5.88. The van der Waals surface area contributed by atoms with E-state index in [0.29, 0.717) is 19.8 Å². The minimum atomic E-state index is -0.418. The molecular weight excluding hydrogens is 244 g/mol. The molecule has 3 aliphatic heterocycles. The van der Waals surface area contributed by atoms with E-state index in [1.54, 1.807) is 0 Å². The lowest BCUT2D eigenvalue weighted by molar-refractivity contribution is -0.125. The summed E-state index contributed by atoms with van der Waals surface area (Å²) in [6.07, 6.45) is 4.91. The molecular formula is C13H22N4O2. The van der Waals surface area contributed by atoms with Gasteiger partial charge in [0.15, 0.2) is 0 Å². The molecule has 1 spiro atoms. The molecule has 19 heavy (non-hydrogen) atoms. The summed E-state index contributed by atoms with van der Waals surface area (Å²) in [6, 6.07) is 0.160. The minimum Gasteiger partial charge on any atom is -0.342 e. The van der Waals surface area contributed by atoms with Crippen LogP contribution in [0.25, 0.3) is 0 Å². The number of hydrogen-bond donors (Lipinski definition) is 2. The molecule has 3 aliphatic rings. The number of carbonyl (C=O) groups is 2. The van der Waals surface area contributed by atoms with E-state index in [2.05, 4.69) is 10.6 Å². The Labute approximate surface area is 113 Å². The van der Waals surface area contributed by atoms with Gasteiger partial charge in [0.25, 0.3) is 0 Å². The number of carbonyl (C=O) groups excluding carboxylic acids is 2. The molecule has 0 radical (unpaired) electrons. The van der Waals surface area contributed by atoms with Gasteiger partial charge >= 0.3 is 6.03 Å². The maximum atomic E-state index is 12.4. The lowest BCUT2D eigenvalue weighted by Gasteiger charge is -2.40. The second-order valence-electron chi connectivity index (χ2n) is 5.76. The summed E-state index contributed by atoms with van der Waals surface area (Å²) in [7, 11) is 0. The Morgan fingerprint density at radius 3 is 2.21 bits per heavy atom. The number of piperidine rings is 2. The Kier molecular flexibility index (Phi) is 3.35. The number of amides is 3. The Hall–Kier alpha value is -1.30. The molecule has 0 aliphatic carbocycles. The van der Waals surface area contributed by atoms with Gasteiger partial charge in [-0.2, -0.15) is 0 Å². The maximum Gasteiger partial charge on any atom is 0.319 e. The van der Waals surface area contributed by atoms with Gasteiger partial charge in [0.2, 0.25) is 5.91 Å². The molecule has 6 nitrogen and oxygen atoms in total. The first-order valence-electron chi connectivity index (χ1n) is 7.28. The molecule has 2 N–H and O–H groups in total. The molecule has 3 rings (SSSR count). The molecule has 0 aromatic heterocycles. The first-order chi connectivity index (χ1) is 9.21. The van der Waals surface area contributed by atoms with E-state index >= 15 is 0 Å². The second-order valence-corrected chi connectivity index (χ2v) is 5.76. The zero-order valence-corrected chi connectivity index (χ0v) is 11.3. The molecule has 3 fully saturated rings. The lowest BCUT2D eigenvalue weighted by atomic mass is 9.88. The summed E-state index contributed by atoms with van der Waals surface area (Å²) in [4.78, 5) is 28.1. The van der Waals surface area contributed by atoms with E-state index in [1.165, 1.54) is 6.42 Å². The number of nitrogens with zero attached hydrogens (tertiary/aromatic N) is 2. The molecule has 6 heteroatoms. The van der Waals surface area contributed by atoms with Crippen LogP contribution in [0.1, 0.15) is 32.1 Å². The zero-order chi connectivity index (χ0) is 13.3. The van der Waals surface area contributed by atoms with Crippen molar-refractivity contribution in [1.29, 1.82) is 0 Å². The van der Waals surface area contributed by atoms with Crippen LogP contribution in [0.5, 0.6) is 0 Å². The molecule has 3 amide bonds. The van der Waals surface area contributed by atoms with Crippen molar-refractivity contribution in [2.75, 3.05) is 32.8 Å². The van der Waals surface area contributed by atoms with E-state index < -0.39 is 5.54 Å². The predicted octanol–water partition coefficient (Wildman–Crippen LogP) is 0.104. The third kappa shape index (κ3) is 2.29. The van der Waals surface area contributed by atoms with E-state index in [1.807, 2.05) is 9.80 Å². The molecule has 0 aromatic rings. The summed E-state index contributed by atoms with van der Waals surface area (Å²) in [6.45, 7) is 3.68. The van der Waals surface area contributed by atoms with Gasteiger partial charge in [0, 0.05) is 26.2 Å². The Bertz CT molecular complexity index is 371. The summed E-state index contributed by atoms with van der Waals surface area (Å²) in [5.41, 5.74) is -0.418. The molecule has 0 aromatic carbocycles. The fourth-order valence-corrected chi connectivity index (χ4v) is 3.31. The van der Waals surface area contributed by atoms with Crippen molar-refractivity contribution in [2.24, 2.45) is 0 Å². The SMILES string of the molecule is O=C(N1CCCCC1)N1CCC2(CC1)NCNC2=O. The van der Waals surface area contributed by atoms with Crippen LogP contribution in [0.4, 0.5) is 4.79 Å². The smallest absolute Gasteiger partial charge is 0.319 e. The summed E-state index contributed by atoms with van der Waals surface area (Å²) >= 11 is 0. The fraction of sp³-hybridized carbons (Fsp3) is 0.846. The number of urea groups is 1. The topological polar surface area (TPSA) is 64.7 Å². The number of rotatable bonds is 0. The van der Waals surface area contributed by atoms with E-state index in [9.17, 15) is 9.59 Å². The molecule has 0 saturated carbocycles. The van der Waals surface area contributed by atoms with Crippen molar-refractivity contribution in [1.82, 2.24) is 20.4 Å². The zero-order valence-electron chi connectivity index (χ0n) is 11.3. The van der Waals surface area contributed by atoms with Crippen LogP contribution in [0.3, 0.4) is 0 Å². The highest BCUT2D eigenvalue weighted by Crippen LogP contribution is 2.25. The lowest BCUT2D eigenvalue weighted by Crippen LogP contribution is -2.57. The van der Waals surface area contributed by atoms with Crippen LogP contribution >= 0.6 is 0 Å². The standard InChI is InChI=1S/C13H22N4O2/c18-11-13(15-10-14-11)4-8-17(9-5-13)12(19)16-6-2-1-3-7-16/h15H,1-10H2,(H,14,18). The fourth-order valence-electron chi connectivity index (χ4n) is 3.31. The van der Waals surface area contributed by atoms with Crippen molar-refractivity contribution in [3.8, 4) is 0 Å². The quantitative estimate of drug-likeness (QED) is 0.654. The Morgan fingerprint density at radius 2 is 1.63 bits per heavy atom. The molecule has 0 bridgehead atoms. The minimum absolute atomic E-state index is 0.0950. The predicted molar refractivity (Wildman–Crippen MR) is 70.5 cm³/mol. The largest absolute Gasteiger partial charge is 0.342 e. The van der Waals surface area contributed by atoms with Crippen LogP contribution in [0, 0.1) is 0 Å². The third-order valence-electron chi connectivity index (χ3n) is 4.62. The van der Waals surface area contributed by atoms with Crippen LogP contribution in [0.2, 0.25) is 0 Å². The highest BCUT2D eigenvalue weighted by atomic mass is 16.2. The second kappa shape index (κ2) is 5.00. The Balaban J connectivity index is 1.57. The Morgan fingerprint density at radius 1 is 1.00 bits per heavy atom. The van der Waals surface area contributed by atoms with Gasteiger partial charge in [-0.3, -0.25) is 10.1 Å². The van der Waals surface area contributed by atoms with Crippen molar-refractivity contribution < 1.29 is 9.59 Å². The maximum absolute atomic E-state index is 12.4. The van der Waals surface area contributed by atoms with Crippen LogP contribution in [-0.4, -0.2) is 60.1 Å². The average molecular weight is 266 g/mol. The van der Waals surface area contributed by atoms with Crippen molar-refractivity contribution >= 4 is 11.9 Å². The molecule has 3 heterocycles. The number of likely N-dealkylation sites (tertiary alicyclic amines) is 2. The molecule has 0 unspecified atom stereocenters. The van der Waals surface area contributed by atoms with Crippen molar-refractivity contribution in [3.05, 3.63) is 0 Å².